The van der Waals surface area contributed by atoms with Crippen molar-refractivity contribution in [1.29, 1.82) is 0 Å². The highest BCUT2D eigenvalue weighted by Crippen LogP contribution is 2.48. The maximum atomic E-state index is 14.3. The predicted molar refractivity (Wildman–Crippen MR) is 472 cm³/mol. The number of allylic oxidation sites excluding steroid dienone is 7. The summed E-state index contributed by atoms with van der Waals surface area (Å²) < 4.78 is 128. The fraction of sp³-hybridized carbons (Fsp3) is 0.451. The van der Waals surface area contributed by atoms with Crippen LogP contribution in [0, 0.1) is 5.92 Å². The van der Waals surface area contributed by atoms with E-state index in [-0.39, 0.29) is 138 Å². The minimum Gasteiger partial charge on any atom is -0.748 e. The van der Waals surface area contributed by atoms with Crippen molar-refractivity contribution in [2.24, 2.45) is 5.92 Å². The van der Waals surface area contributed by atoms with Gasteiger partial charge < -0.3 is 50.8 Å². The van der Waals surface area contributed by atoms with Gasteiger partial charge in [0.25, 0.3) is 10.1 Å². The molecule has 35 nitrogen and oxygen atoms in total. The van der Waals surface area contributed by atoms with Crippen molar-refractivity contribution in [2.45, 2.75) is 224 Å². The lowest BCUT2D eigenvalue weighted by Crippen LogP contribution is -2.46. The van der Waals surface area contributed by atoms with Gasteiger partial charge in [-0.3, -0.25) is 33.3 Å². The fourth-order valence-electron chi connectivity index (χ4n) is 15.3. The summed E-state index contributed by atoms with van der Waals surface area (Å²) in [5.74, 6) is -5.75. The average molecular weight is 1880 g/mol. The second-order valence-electron chi connectivity index (χ2n) is 31.9. The highest BCUT2D eigenvalue weighted by Gasteiger charge is 2.45. The van der Waals surface area contributed by atoms with E-state index in [9.17, 15) is 79.3 Å². The Balaban J connectivity index is 0.00000236. The first kappa shape index (κ1) is 110. The summed E-state index contributed by atoms with van der Waals surface area (Å²) in [7, 11) is -14.8. The molecule has 0 aromatic heterocycles. The highest BCUT2D eigenvalue weighted by molar-refractivity contribution is 7.86. The molecule has 0 radical (unpaired) electrons. The standard InChI is InChI=1S/C89H112N6O19S2.2CO2.2O3S/c1-88(2)71-36-17-19-38-76(71)94(54-21-23-56-115(108,109)110)79(88)51-45-65-32-25-33-66(46-52-80-89(3,4)72-37-18-20-39-77(72)95(80)55-22-24-57-116(111,112)113)83(65)114-70-48-43-64(44-49-70)60-75(86(105)106)91-81(99)41-16-8-6-5-7-15-40-78(98)74(59-63-30-13-10-14-31-63)92-84(102)67(58-62-28-11-9-12-29-62)61-69(97)35-26-34-68(96)47-50-73(85(103)104)93-87(107)90-53-27-42-82(100)101;2*2-1-3;2*1-4(2)3/h9-14,17-20,28-31,36-39,43-46,48-49,51-52,67,73-75H,5-8,15-16,21-27,32-35,40-42,47,50,53-61H2,1-4H3,(H8-,90,91,92,93,99,100,101,102,103,104,105,106,107,108,109,110,111,112,113);;;;/t67?,73-,74-,75-;;;;/m0..../s1. The van der Waals surface area contributed by atoms with E-state index < -0.39 is 118 Å². The monoisotopic (exact) mass is 1880 g/mol. The number of anilines is 1. The van der Waals surface area contributed by atoms with E-state index in [2.05, 4.69) is 101 Å². The Hall–Kier alpha value is -12.2. The number of ether oxygens (including phenoxy) is 1. The number of ketones is 3. The molecule has 1 aliphatic carbocycles. The number of benzene rings is 5. The van der Waals surface area contributed by atoms with Crippen molar-refractivity contribution in [3.8, 4) is 5.75 Å². The summed E-state index contributed by atoms with van der Waals surface area (Å²) >= 11 is 0. The number of nitrogens with one attached hydrogen (secondary N) is 4. The molecule has 0 spiro atoms. The molecule has 704 valence electrons. The van der Waals surface area contributed by atoms with Gasteiger partial charge in [0.15, 0.2) is 11.5 Å². The van der Waals surface area contributed by atoms with E-state index in [1.807, 2.05) is 91.0 Å². The molecule has 8 N–H and O–H groups in total. The number of rotatable bonds is 50. The van der Waals surface area contributed by atoms with Gasteiger partial charge in [0.2, 0.25) is 17.5 Å². The van der Waals surface area contributed by atoms with Crippen LogP contribution >= 0.6 is 0 Å². The number of unbranched alkanes of at least 4 members (excludes halogenated alkanes) is 7. The van der Waals surface area contributed by atoms with Crippen LogP contribution in [0.5, 0.6) is 5.75 Å². The molecule has 8 rings (SSSR count). The Labute approximate surface area is 758 Å². The molecule has 0 saturated heterocycles. The van der Waals surface area contributed by atoms with Crippen molar-refractivity contribution < 1.29 is 138 Å². The molecule has 2 heterocycles. The molecule has 3 aliphatic rings. The lowest BCUT2D eigenvalue weighted by molar-refractivity contribution is -0.438. The molecule has 1 unspecified atom stereocenters. The van der Waals surface area contributed by atoms with Crippen molar-refractivity contribution in [3.05, 3.63) is 208 Å². The number of para-hydroxylation sites is 2. The third-order valence-electron chi connectivity index (χ3n) is 21.5. The van der Waals surface area contributed by atoms with Gasteiger partial charge in [-0.05, 0) is 161 Å². The number of carbonyl (C=O) groups excluding carboxylic acids is 10. The lowest BCUT2D eigenvalue weighted by Gasteiger charge is -2.28. The van der Waals surface area contributed by atoms with Crippen molar-refractivity contribution >= 4 is 124 Å². The number of urea groups is 1. The number of amides is 4. The molecular formula is C91H112N6O29S4. The van der Waals surface area contributed by atoms with Gasteiger partial charge in [0, 0.05) is 117 Å². The Morgan fingerprint density at radius 1 is 0.546 bits per heavy atom. The van der Waals surface area contributed by atoms with Gasteiger partial charge >= 0.3 is 57.5 Å². The topological polar surface area (TPSA) is 560 Å². The third kappa shape index (κ3) is 41.0. The largest absolute Gasteiger partial charge is 0.748 e. The van der Waals surface area contributed by atoms with Crippen molar-refractivity contribution in [1.82, 2.24) is 21.3 Å². The van der Waals surface area contributed by atoms with E-state index >= 15 is 0 Å². The zero-order chi connectivity index (χ0) is 96.6. The van der Waals surface area contributed by atoms with E-state index in [1.165, 1.54) is 0 Å². The molecule has 39 heteroatoms. The van der Waals surface area contributed by atoms with Gasteiger partial charge in [-0.15, -0.1) is 25.3 Å². The molecule has 130 heavy (non-hydrogen) atoms. The summed E-state index contributed by atoms with van der Waals surface area (Å²) in [6.07, 6.45) is 16.5. The van der Waals surface area contributed by atoms with Crippen LogP contribution in [0.3, 0.4) is 0 Å². The van der Waals surface area contributed by atoms with Crippen molar-refractivity contribution in [2.75, 3.05) is 36.0 Å². The number of Topliss-reactive ketones (excluding diaryl/α,β-unsaturated/α-hetero) is 3. The van der Waals surface area contributed by atoms with Crippen molar-refractivity contribution in [3.63, 3.8) is 0 Å². The number of nitrogens with zero attached hydrogens (tertiary/aromatic N) is 2. The quantitative estimate of drug-likeness (QED) is 0.0102. The minimum atomic E-state index is -4.39. The molecule has 5 aromatic carbocycles. The Kier molecular flexibility index (Phi) is 48.2. The molecule has 2 aliphatic heterocycles. The van der Waals surface area contributed by atoms with Crippen LogP contribution in [0.4, 0.5) is 16.2 Å². The smallest absolute Gasteiger partial charge is 0.425 e. The second-order valence-corrected chi connectivity index (χ2v) is 35.8. The molecule has 4 atom stereocenters. The van der Waals surface area contributed by atoms with Crippen LogP contribution in [0.15, 0.2) is 180 Å². The summed E-state index contributed by atoms with van der Waals surface area (Å²) in [4.78, 5) is 150. The maximum absolute atomic E-state index is 14.3. The first-order chi connectivity index (χ1) is 61.5. The van der Waals surface area contributed by atoms with E-state index in [0.29, 0.717) is 81.5 Å². The third-order valence-corrected chi connectivity index (χ3v) is 23.1. The van der Waals surface area contributed by atoms with Crippen LogP contribution < -0.4 is 30.9 Å². The van der Waals surface area contributed by atoms with Crippen LogP contribution in [0.25, 0.3) is 0 Å². The predicted octanol–water partition coefficient (Wildman–Crippen LogP) is 10.0. The Morgan fingerprint density at radius 2 is 1.08 bits per heavy atom. The van der Waals surface area contributed by atoms with Crippen LogP contribution in [-0.4, -0.2) is 191 Å². The number of hydrogen-bond donors (Lipinski definition) is 8. The van der Waals surface area contributed by atoms with E-state index in [4.69, 9.17) is 54.3 Å². The second kappa shape index (κ2) is 57.0. The summed E-state index contributed by atoms with van der Waals surface area (Å²) in [5.41, 5.74) is 9.39. The molecule has 0 saturated carbocycles. The summed E-state index contributed by atoms with van der Waals surface area (Å²) in [6, 6.07) is 37.5. The van der Waals surface area contributed by atoms with Gasteiger partial charge in [-0.25, -0.2) is 22.8 Å². The lowest BCUT2D eigenvalue weighted by atomic mass is 9.81. The molecular weight excluding hydrogens is 1770 g/mol. The zero-order valence-electron chi connectivity index (χ0n) is 72.8. The van der Waals surface area contributed by atoms with Crippen LogP contribution in [-0.2, 0) is 129 Å². The average Bonchev–Trinajstić information content (AvgIpc) is 1.60. The first-order valence-electron chi connectivity index (χ1n) is 42.1. The summed E-state index contributed by atoms with van der Waals surface area (Å²) in [5, 5.41) is 39.2. The van der Waals surface area contributed by atoms with Crippen LogP contribution in [0.2, 0.25) is 0 Å². The number of aliphatic carboxylic acids is 3. The normalized spacial score (nSPS) is 14.9. The SMILES string of the molecule is CC1(C)C(=CC=C2CCCC(C=CC3=[N+](CCCCS(=O)(=O)O)c4ccccc4C3(C)C)=C2Oc2ccc(C[C@H](NC(=O)CCCCCCCCC(=O)[C@H](Cc3ccccc3)NC(=O)C(CC(=O)CCCC(=O)CC[C@H](NC(=O)NCCCC(=O)O)C(=O)O)Cc3ccccc3)C(=O)O)cc2)N(CCCCS(=O)(=O)[O-])c2ccccc21.O=C=O.O=C=O.O=S(=O)=O.O=S(=O)=O. The molecule has 0 fully saturated rings. The molecule has 5 aromatic rings. The van der Waals surface area contributed by atoms with Gasteiger partial charge in [0.1, 0.15) is 41.7 Å². The minimum absolute atomic E-state index is 0.00918. The fourth-order valence-corrected chi connectivity index (χ4v) is 16.4. The number of fused-ring (bicyclic) bond motifs is 2. The summed E-state index contributed by atoms with van der Waals surface area (Å²) in [6.45, 7) is 9.60. The Morgan fingerprint density at radius 3 is 1.68 bits per heavy atom. The van der Waals surface area contributed by atoms with E-state index in [0.717, 1.165) is 75.4 Å². The molecule has 4 amide bonds. The van der Waals surface area contributed by atoms with E-state index in [1.54, 1.807) is 24.3 Å². The maximum Gasteiger partial charge on any atom is 0.425 e. The van der Waals surface area contributed by atoms with Crippen LogP contribution in [0.1, 0.15) is 203 Å². The highest BCUT2D eigenvalue weighted by atomic mass is 32.2. The number of carboxylic acids is 3. The number of carbonyl (C=O) groups is 9. The number of hydrogen-bond acceptors (Lipinski definition) is 26. The zero-order valence-corrected chi connectivity index (χ0v) is 76.0. The Bertz CT molecular complexity index is 5360. The first-order valence-corrected chi connectivity index (χ1v) is 47.3. The molecule has 0 bridgehead atoms. The van der Waals surface area contributed by atoms with Gasteiger partial charge in [-0.1, -0.05) is 155 Å². The van der Waals surface area contributed by atoms with Gasteiger partial charge in [-0.2, -0.15) is 32.2 Å². The van der Waals surface area contributed by atoms with Gasteiger partial charge in [0.05, 0.1) is 27.3 Å². The number of carboxylic acid groups (broad SMARTS) is 3.